The van der Waals surface area contributed by atoms with Gasteiger partial charge in [-0.25, -0.2) is 9.18 Å². The number of hydrogen-bond donors (Lipinski definition) is 1. The zero-order chi connectivity index (χ0) is 15.6. The molecule has 0 saturated heterocycles. The predicted octanol–water partition coefficient (Wildman–Crippen LogP) is 3.89. The SMILES string of the molecule is Cc1c(Sc2ccc(F)c(C(=O)O)c2)cccc1[N+](=O)[O-]. The van der Waals surface area contributed by atoms with Gasteiger partial charge in [0, 0.05) is 21.4 Å². The Bertz CT molecular complexity index is 733. The molecule has 2 aromatic carbocycles. The van der Waals surface area contributed by atoms with Gasteiger partial charge in [0.2, 0.25) is 0 Å². The quantitative estimate of drug-likeness (QED) is 0.684. The molecule has 0 unspecified atom stereocenters. The molecule has 0 aliphatic rings. The van der Waals surface area contributed by atoms with E-state index in [0.29, 0.717) is 15.4 Å². The van der Waals surface area contributed by atoms with E-state index in [1.54, 1.807) is 19.1 Å². The second kappa shape index (κ2) is 5.92. The first-order valence-corrected chi connectivity index (χ1v) is 6.66. The highest BCUT2D eigenvalue weighted by atomic mass is 32.2. The summed E-state index contributed by atoms with van der Waals surface area (Å²) in [6.45, 7) is 1.61. The average Bonchev–Trinajstić information content (AvgIpc) is 2.42. The first-order valence-electron chi connectivity index (χ1n) is 5.85. The Labute approximate surface area is 123 Å². The van der Waals surface area contributed by atoms with Crippen LogP contribution in [0.25, 0.3) is 0 Å². The van der Waals surface area contributed by atoms with Crippen molar-refractivity contribution in [3.8, 4) is 0 Å². The molecule has 0 saturated carbocycles. The van der Waals surface area contributed by atoms with Crippen molar-refractivity contribution in [1.82, 2.24) is 0 Å². The van der Waals surface area contributed by atoms with E-state index in [9.17, 15) is 19.3 Å². The Morgan fingerprint density at radius 2 is 2.05 bits per heavy atom. The molecule has 0 radical (unpaired) electrons. The Morgan fingerprint density at radius 3 is 2.67 bits per heavy atom. The van der Waals surface area contributed by atoms with Crippen molar-refractivity contribution in [1.29, 1.82) is 0 Å². The van der Waals surface area contributed by atoms with Crippen LogP contribution >= 0.6 is 11.8 Å². The van der Waals surface area contributed by atoms with Gasteiger partial charge in [0.1, 0.15) is 5.82 Å². The summed E-state index contributed by atoms with van der Waals surface area (Å²) in [6.07, 6.45) is 0. The van der Waals surface area contributed by atoms with E-state index in [0.717, 1.165) is 17.8 Å². The van der Waals surface area contributed by atoms with Crippen LogP contribution in [0.5, 0.6) is 0 Å². The maximum Gasteiger partial charge on any atom is 0.338 e. The van der Waals surface area contributed by atoms with Gasteiger partial charge >= 0.3 is 5.97 Å². The number of benzene rings is 2. The Morgan fingerprint density at radius 1 is 1.33 bits per heavy atom. The highest BCUT2D eigenvalue weighted by Gasteiger charge is 2.16. The molecule has 0 aliphatic heterocycles. The fraction of sp³-hybridized carbons (Fsp3) is 0.0714. The number of carbonyl (C=O) groups is 1. The molecular formula is C14H10FNO4S. The van der Waals surface area contributed by atoms with Crippen LogP contribution in [0.15, 0.2) is 46.2 Å². The molecule has 0 amide bonds. The molecule has 5 nitrogen and oxygen atoms in total. The number of nitro benzene ring substituents is 1. The zero-order valence-electron chi connectivity index (χ0n) is 10.9. The highest BCUT2D eigenvalue weighted by Crippen LogP contribution is 2.34. The van der Waals surface area contributed by atoms with E-state index >= 15 is 0 Å². The van der Waals surface area contributed by atoms with Crippen LogP contribution in [-0.4, -0.2) is 16.0 Å². The van der Waals surface area contributed by atoms with Gasteiger partial charge in [-0.3, -0.25) is 10.1 Å². The summed E-state index contributed by atoms with van der Waals surface area (Å²) in [7, 11) is 0. The highest BCUT2D eigenvalue weighted by molar-refractivity contribution is 7.99. The number of hydrogen-bond acceptors (Lipinski definition) is 4. The van der Waals surface area contributed by atoms with Gasteiger partial charge in [-0.1, -0.05) is 17.8 Å². The molecule has 0 heterocycles. The third-order valence-electron chi connectivity index (χ3n) is 2.85. The van der Waals surface area contributed by atoms with Crippen LogP contribution in [0.2, 0.25) is 0 Å². The number of halogens is 1. The van der Waals surface area contributed by atoms with Crippen molar-refractivity contribution in [3.05, 3.63) is 63.5 Å². The smallest absolute Gasteiger partial charge is 0.338 e. The minimum Gasteiger partial charge on any atom is -0.478 e. The Balaban J connectivity index is 2.39. The summed E-state index contributed by atoms with van der Waals surface area (Å²) in [5.74, 6) is -2.17. The molecule has 0 atom stereocenters. The fourth-order valence-corrected chi connectivity index (χ4v) is 2.74. The minimum atomic E-state index is -1.36. The predicted molar refractivity (Wildman–Crippen MR) is 75.3 cm³/mol. The van der Waals surface area contributed by atoms with Crippen LogP contribution in [-0.2, 0) is 0 Å². The number of carboxylic acid groups (broad SMARTS) is 1. The summed E-state index contributed by atoms with van der Waals surface area (Å²) < 4.78 is 13.3. The maximum atomic E-state index is 13.3. The lowest BCUT2D eigenvalue weighted by Crippen LogP contribution is -2.00. The second-order valence-corrected chi connectivity index (χ2v) is 5.32. The number of aromatic carboxylic acids is 1. The molecule has 0 fully saturated rings. The van der Waals surface area contributed by atoms with Crippen LogP contribution in [0, 0.1) is 22.9 Å². The van der Waals surface area contributed by atoms with Crippen molar-refractivity contribution in [2.24, 2.45) is 0 Å². The van der Waals surface area contributed by atoms with E-state index < -0.39 is 22.3 Å². The molecular weight excluding hydrogens is 297 g/mol. The average molecular weight is 307 g/mol. The molecule has 0 bridgehead atoms. The molecule has 2 rings (SSSR count). The molecule has 0 aromatic heterocycles. The van der Waals surface area contributed by atoms with E-state index in [2.05, 4.69) is 0 Å². The van der Waals surface area contributed by atoms with Crippen LogP contribution in [0.1, 0.15) is 15.9 Å². The van der Waals surface area contributed by atoms with Gasteiger partial charge in [-0.2, -0.15) is 0 Å². The lowest BCUT2D eigenvalue weighted by Gasteiger charge is -2.07. The summed E-state index contributed by atoms with van der Waals surface area (Å²) in [4.78, 5) is 22.4. The van der Waals surface area contributed by atoms with E-state index in [-0.39, 0.29) is 5.69 Å². The Kier molecular flexibility index (Phi) is 4.23. The third-order valence-corrected chi connectivity index (χ3v) is 4.00. The topological polar surface area (TPSA) is 80.4 Å². The van der Waals surface area contributed by atoms with Crippen LogP contribution in [0.4, 0.5) is 10.1 Å². The largest absolute Gasteiger partial charge is 0.478 e. The lowest BCUT2D eigenvalue weighted by atomic mass is 10.2. The van der Waals surface area contributed by atoms with Crippen molar-refractivity contribution < 1.29 is 19.2 Å². The molecule has 2 aromatic rings. The normalized spacial score (nSPS) is 10.4. The summed E-state index contributed by atoms with van der Waals surface area (Å²) in [6, 6.07) is 8.35. The van der Waals surface area contributed by atoms with Gasteiger partial charge in [0.15, 0.2) is 0 Å². The van der Waals surface area contributed by atoms with E-state index in [1.165, 1.54) is 18.2 Å². The van der Waals surface area contributed by atoms with Gasteiger partial charge in [-0.05, 0) is 31.2 Å². The van der Waals surface area contributed by atoms with Crippen molar-refractivity contribution in [2.45, 2.75) is 16.7 Å². The summed E-state index contributed by atoms with van der Waals surface area (Å²) >= 11 is 1.15. The summed E-state index contributed by atoms with van der Waals surface area (Å²) in [5, 5.41) is 19.8. The number of carboxylic acids is 1. The van der Waals surface area contributed by atoms with E-state index in [1.807, 2.05) is 0 Å². The van der Waals surface area contributed by atoms with E-state index in [4.69, 9.17) is 5.11 Å². The molecule has 0 spiro atoms. The first kappa shape index (κ1) is 15.0. The van der Waals surface area contributed by atoms with Gasteiger partial charge in [0.25, 0.3) is 5.69 Å². The van der Waals surface area contributed by atoms with Gasteiger partial charge in [0.05, 0.1) is 10.5 Å². The number of rotatable bonds is 4. The van der Waals surface area contributed by atoms with Crippen molar-refractivity contribution >= 4 is 23.4 Å². The molecule has 108 valence electrons. The third kappa shape index (κ3) is 3.19. The van der Waals surface area contributed by atoms with Crippen LogP contribution < -0.4 is 0 Å². The zero-order valence-corrected chi connectivity index (χ0v) is 11.7. The Hall–Kier alpha value is -2.41. The van der Waals surface area contributed by atoms with Gasteiger partial charge in [-0.15, -0.1) is 0 Å². The molecule has 1 N–H and O–H groups in total. The molecule has 7 heteroatoms. The molecule has 21 heavy (non-hydrogen) atoms. The lowest BCUT2D eigenvalue weighted by molar-refractivity contribution is -0.385. The minimum absolute atomic E-state index is 0.0134. The maximum absolute atomic E-state index is 13.3. The summed E-state index contributed by atoms with van der Waals surface area (Å²) in [5.41, 5.74) is 0.0392. The second-order valence-electron chi connectivity index (χ2n) is 4.21. The first-order chi connectivity index (χ1) is 9.90. The number of nitro groups is 1. The fourth-order valence-electron chi connectivity index (χ4n) is 1.77. The van der Waals surface area contributed by atoms with Crippen molar-refractivity contribution in [3.63, 3.8) is 0 Å². The number of nitrogens with zero attached hydrogens (tertiary/aromatic N) is 1. The van der Waals surface area contributed by atoms with Crippen molar-refractivity contribution in [2.75, 3.05) is 0 Å². The molecule has 0 aliphatic carbocycles. The monoisotopic (exact) mass is 307 g/mol. The van der Waals surface area contributed by atoms with Crippen LogP contribution in [0.3, 0.4) is 0 Å². The standard InChI is InChI=1S/C14H10FNO4S/c1-8-12(16(19)20)3-2-4-13(8)21-9-5-6-11(15)10(7-9)14(17)18/h2-7H,1H3,(H,17,18). The van der Waals surface area contributed by atoms with Gasteiger partial charge < -0.3 is 5.11 Å².